The Hall–Kier alpha value is -3.84. The van der Waals surface area contributed by atoms with Crippen LogP contribution in [0.15, 0.2) is 91.0 Å². The maximum absolute atomic E-state index is 5.28. The van der Waals surface area contributed by atoms with Crippen molar-refractivity contribution in [2.24, 2.45) is 0 Å². The molecule has 258 valence electrons. The second kappa shape index (κ2) is 21.9. The van der Waals surface area contributed by atoms with Crippen LogP contribution in [0.4, 0.5) is 0 Å². The zero-order valence-corrected chi connectivity index (χ0v) is 29.5. The van der Waals surface area contributed by atoms with Gasteiger partial charge >= 0.3 is 0 Å². The van der Waals surface area contributed by atoms with E-state index in [0.29, 0.717) is 0 Å². The Labute approximate surface area is 289 Å². The maximum Gasteiger partial charge on any atom is 0.118 e. The van der Waals surface area contributed by atoms with Gasteiger partial charge in [0.05, 0.1) is 21.3 Å². The Morgan fingerprint density at radius 1 is 0.354 bits per heavy atom. The van der Waals surface area contributed by atoms with E-state index < -0.39 is 0 Å². The average Bonchev–Trinajstić information content (AvgIpc) is 3.13. The zero-order valence-electron chi connectivity index (χ0n) is 29.5. The van der Waals surface area contributed by atoms with E-state index in [1.807, 2.05) is 36.4 Å². The normalized spacial score (nSPS) is 11.1. The van der Waals surface area contributed by atoms with Crippen LogP contribution in [-0.2, 0) is 38.9 Å². The van der Waals surface area contributed by atoms with Gasteiger partial charge in [-0.3, -0.25) is 0 Å². The molecule has 0 radical (unpaired) electrons. The predicted molar refractivity (Wildman–Crippen MR) is 199 cm³/mol. The van der Waals surface area contributed by atoms with Crippen LogP contribution >= 0.6 is 0 Å². The summed E-state index contributed by atoms with van der Waals surface area (Å²) in [6.45, 7) is 5.76. The number of aryl methyl sites for hydroxylation is 3. The molecule has 0 saturated heterocycles. The average molecular weight is 652 g/mol. The second-order valence-electron chi connectivity index (χ2n) is 12.6. The predicted octanol–water partition coefficient (Wildman–Crippen LogP) is 8.05. The van der Waals surface area contributed by atoms with E-state index in [1.54, 1.807) is 21.3 Å². The molecule has 0 saturated carbocycles. The minimum absolute atomic E-state index is 0.896. The van der Waals surface area contributed by atoms with Gasteiger partial charge in [0.15, 0.2) is 0 Å². The van der Waals surface area contributed by atoms with Gasteiger partial charge in [0.1, 0.15) is 17.2 Å². The van der Waals surface area contributed by atoms with E-state index in [-0.39, 0.29) is 0 Å². The van der Waals surface area contributed by atoms with Gasteiger partial charge in [-0.05, 0) is 147 Å². The Morgan fingerprint density at radius 2 is 0.625 bits per heavy atom. The van der Waals surface area contributed by atoms with Crippen molar-refractivity contribution < 1.29 is 14.2 Å². The summed E-state index contributed by atoms with van der Waals surface area (Å²) < 4.78 is 15.8. The van der Waals surface area contributed by atoms with E-state index in [2.05, 4.69) is 70.5 Å². The number of hydrogen-bond acceptors (Lipinski definition) is 6. The van der Waals surface area contributed by atoms with Crippen molar-refractivity contribution in [2.45, 2.75) is 77.4 Å². The molecule has 0 amide bonds. The minimum Gasteiger partial charge on any atom is -0.497 e. The molecule has 0 aliphatic heterocycles. The molecule has 0 fully saturated rings. The van der Waals surface area contributed by atoms with Crippen molar-refractivity contribution >= 4 is 0 Å². The molecule has 0 heterocycles. The van der Waals surface area contributed by atoms with Gasteiger partial charge < -0.3 is 30.2 Å². The smallest absolute Gasteiger partial charge is 0.118 e. The Kier molecular flexibility index (Phi) is 16.9. The molecule has 6 heteroatoms. The molecular weight excluding hydrogens is 594 g/mol. The van der Waals surface area contributed by atoms with Crippen LogP contribution in [0.3, 0.4) is 0 Å². The molecule has 0 atom stereocenters. The molecule has 3 N–H and O–H groups in total. The summed E-state index contributed by atoms with van der Waals surface area (Å²) >= 11 is 0. The molecular formula is C42H57N3O3. The first-order chi connectivity index (χ1) is 23.6. The van der Waals surface area contributed by atoms with Crippen LogP contribution in [0.25, 0.3) is 0 Å². The standard InChI is InChI=1S/C42H57N3O3/c1-46-40-19-13-34(14-20-40)10-4-7-25-43-31-37-28-38(32-44-26-8-5-11-35-15-21-41(47-2)22-16-35)30-39(29-37)33-45-27-9-6-12-36-17-23-42(48-3)24-18-36/h13-24,28-30,43-45H,4-12,25-27,31-33H2,1-3H3. The maximum atomic E-state index is 5.28. The fourth-order valence-electron chi connectivity index (χ4n) is 5.96. The number of benzene rings is 4. The quantitative estimate of drug-likeness (QED) is 0.0667. The van der Waals surface area contributed by atoms with Gasteiger partial charge in [-0.15, -0.1) is 0 Å². The van der Waals surface area contributed by atoms with Crippen molar-refractivity contribution in [3.8, 4) is 17.2 Å². The third-order valence-corrected chi connectivity index (χ3v) is 8.78. The van der Waals surface area contributed by atoms with Crippen molar-refractivity contribution in [3.63, 3.8) is 0 Å². The number of ether oxygens (including phenoxy) is 3. The monoisotopic (exact) mass is 651 g/mol. The lowest BCUT2D eigenvalue weighted by Crippen LogP contribution is -2.19. The van der Waals surface area contributed by atoms with Crippen LogP contribution in [0.2, 0.25) is 0 Å². The van der Waals surface area contributed by atoms with Gasteiger partial charge in [0, 0.05) is 19.6 Å². The van der Waals surface area contributed by atoms with Crippen molar-refractivity contribution in [1.29, 1.82) is 0 Å². The summed E-state index contributed by atoms with van der Waals surface area (Å²) in [5, 5.41) is 11.1. The van der Waals surface area contributed by atoms with E-state index in [9.17, 15) is 0 Å². The number of rotatable bonds is 24. The summed E-state index contributed by atoms with van der Waals surface area (Å²) in [7, 11) is 5.14. The lowest BCUT2D eigenvalue weighted by molar-refractivity contribution is 0.414. The highest BCUT2D eigenvalue weighted by molar-refractivity contribution is 5.31. The lowest BCUT2D eigenvalue weighted by Gasteiger charge is -2.13. The molecule has 0 unspecified atom stereocenters. The lowest BCUT2D eigenvalue weighted by atomic mass is 10.0. The molecule has 4 rings (SSSR count). The van der Waals surface area contributed by atoms with Crippen LogP contribution in [-0.4, -0.2) is 41.0 Å². The summed E-state index contributed by atoms with van der Waals surface area (Å²) in [5.74, 6) is 2.76. The fraction of sp³-hybridized carbons (Fsp3) is 0.429. The van der Waals surface area contributed by atoms with Crippen LogP contribution in [0, 0.1) is 0 Å². The van der Waals surface area contributed by atoms with E-state index >= 15 is 0 Å². The number of methoxy groups -OCH3 is 3. The van der Waals surface area contributed by atoms with E-state index in [4.69, 9.17) is 14.2 Å². The molecule has 0 bridgehead atoms. The van der Waals surface area contributed by atoms with E-state index in [1.165, 1.54) is 52.6 Å². The molecule has 0 aliphatic carbocycles. The van der Waals surface area contributed by atoms with Crippen LogP contribution in [0.1, 0.15) is 71.9 Å². The highest BCUT2D eigenvalue weighted by Crippen LogP contribution is 2.16. The Morgan fingerprint density at radius 3 is 0.875 bits per heavy atom. The second-order valence-corrected chi connectivity index (χ2v) is 12.6. The number of nitrogens with one attached hydrogen (secondary N) is 3. The highest BCUT2D eigenvalue weighted by Gasteiger charge is 2.04. The summed E-state index contributed by atoms with van der Waals surface area (Å²) in [4.78, 5) is 0. The Bertz CT molecular complexity index is 1240. The largest absolute Gasteiger partial charge is 0.497 e. The Balaban J connectivity index is 1.19. The zero-order chi connectivity index (χ0) is 33.7. The van der Waals surface area contributed by atoms with Crippen molar-refractivity contribution in [3.05, 3.63) is 124 Å². The van der Waals surface area contributed by atoms with Gasteiger partial charge in [-0.1, -0.05) is 54.6 Å². The summed E-state index contributed by atoms with van der Waals surface area (Å²) in [6, 6.07) is 32.4. The molecule has 0 aromatic heterocycles. The third kappa shape index (κ3) is 14.1. The van der Waals surface area contributed by atoms with E-state index in [0.717, 1.165) is 95.0 Å². The highest BCUT2D eigenvalue weighted by atomic mass is 16.5. The van der Waals surface area contributed by atoms with Gasteiger partial charge in [-0.2, -0.15) is 0 Å². The van der Waals surface area contributed by atoms with Gasteiger partial charge in [0.2, 0.25) is 0 Å². The first-order valence-corrected chi connectivity index (χ1v) is 17.8. The molecule has 4 aromatic rings. The van der Waals surface area contributed by atoms with Crippen molar-refractivity contribution in [1.82, 2.24) is 16.0 Å². The third-order valence-electron chi connectivity index (χ3n) is 8.78. The molecule has 4 aromatic carbocycles. The number of unbranched alkanes of at least 4 members (excludes halogenated alkanes) is 3. The minimum atomic E-state index is 0.896. The summed E-state index contributed by atoms with van der Waals surface area (Å²) in [6.07, 6.45) is 10.3. The SMILES string of the molecule is COc1ccc(CCCCNCc2cc(CNCCCCc3ccc(OC)cc3)cc(CNCCCCc3ccc(OC)cc3)c2)cc1. The fourth-order valence-corrected chi connectivity index (χ4v) is 5.96. The molecule has 0 spiro atoms. The first kappa shape index (κ1) is 37.0. The topological polar surface area (TPSA) is 63.8 Å². The first-order valence-electron chi connectivity index (χ1n) is 17.8. The van der Waals surface area contributed by atoms with Gasteiger partial charge in [-0.25, -0.2) is 0 Å². The number of hydrogen-bond donors (Lipinski definition) is 3. The van der Waals surface area contributed by atoms with Crippen LogP contribution < -0.4 is 30.2 Å². The molecule has 48 heavy (non-hydrogen) atoms. The molecule has 6 nitrogen and oxygen atoms in total. The summed E-state index contributed by atoms with van der Waals surface area (Å²) in [5.41, 5.74) is 8.19. The molecule has 0 aliphatic rings. The van der Waals surface area contributed by atoms with Crippen LogP contribution in [0.5, 0.6) is 17.2 Å². The van der Waals surface area contributed by atoms with Crippen molar-refractivity contribution in [2.75, 3.05) is 41.0 Å². The van der Waals surface area contributed by atoms with Gasteiger partial charge in [0.25, 0.3) is 0 Å².